The van der Waals surface area contributed by atoms with Crippen LogP contribution >= 0.6 is 0 Å². The molecule has 30 heavy (non-hydrogen) atoms. The second-order valence-corrected chi connectivity index (χ2v) is 9.12. The molecule has 1 aromatic rings. The highest BCUT2D eigenvalue weighted by atomic mass is 16.5. The number of aldehydes is 1. The summed E-state index contributed by atoms with van der Waals surface area (Å²) in [7, 11) is 2.52. The molecule has 6 heteroatoms. The van der Waals surface area contributed by atoms with Crippen molar-refractivity contribution >= 4 is 12.3 Å². The van der Waals surface area contributed by atoms with E-state index in [1.807, 2.05) is 0 Å². The fourth-order valence-corrected chi connectivity index (χ4v) is 5.86. The minimum absolute atomic E-state index is 0.0910. The lowest BCUT2D eigenvalue weighted by atomic mass is 9.46. The number of carbonyl (C=O) groups is 2. The molecule has 0 radical (unpaired) electrons. The predicted octanol–water partition coefficient (Wildman–Crippen LogP) is 4.41. The number of allylic oxidation sites excluding steroid dienone is 1. The Kier molecular flexibility index (Phi) is 5.89. The lowest BCUT2D eigenvalue weighted by molar-refractivity contribution is -0.134. The van der Waals surface area contributed by atoms with E-state index in [4.69, 9.17) is 9.47 Å². The van der Waals surface area contributed by atoms with E-state index in [0.29, 0.717) is 5.56 Å². The van der Waals surface area contributed by atoms with E-state index < -0.39 is 17.1 Å². The van der Waals surface area contributed by atoms with Gasteiger partial charge in [0.1, 0.15) is 11.8 Å². The maximum Gasteiger partial charge on any atom is 0.341 e. The number of ether oxygens (including phenoxy) is 2. The van der Waals surface area contributed by atoms with Crippen molar-refractivity contribution in [1.82, 2.24) is 0 Å². The first-order valence-corrected chi connectivity index (χ1v) is 10.5. The molecule has 0 amide bonds. The van der Waals surface area contributed by atoms with Crippen molar-refractivity contribution < 1.29 is 29.3 Å². The topological polar surface area (TPSA) is 93.1 Å². The van der Waals surface area contributed by atoms with Crippen molar-refractivity contribution in [3.8, 4) is 17.2 Å². The molecular formula is C24H32O6. The second kappa shape index (κ2) is 7.97. The molecule has 0 unspecified atom stereocenters. The number of phenolic OH excluding ortho intramolecular Hbond substituents is 2. The van der Waals surface area contributed by atoms with E-state index in [9.17, 15) is 19.8 Å². The number of methoxy groups -OCH3 is 2. The lowest BCUT2D eigenvalue weighted by Gasteiger charge is -2.57. The number of rotatable bonds is 5. The zero-order valence-corrected chi connectivity index (χ0v) is 18.3. The number of phenols is 2. The van der Waals surface area contributed by atoms with Crippen molar-refractivity contribution in [2.24, 2.45) is 22.7 Å². The number of hydrogen-bond donors (Lipinski definition) is 2. The van der Waals surface area contributed by atoms with Gasteiger partial charge in [-0.15, -0.1) is 0 Å². The van der Waals surface area contributed by atoms with E-state index in [2.05, 4.69) is 20.4 Å². The van der Waals surface area contributed by atoms with E-state index >= 15 is 0 Å². The van der Waals surface area contributed by atoms with Crippen molar-refractivity contribution in [3.05, 3.63) is 29.3 Å². The van der Waals surface area contributed by atoms with Crippen LogP contribution in [-0.2, 0) is 16.0 Å². The van der Waals surface area contributed by atoms with Gasteiger partial charge in [-0.2, -0.15) is 0 Å². The fourth-order valence-electron chi connectivity index (χ4n) is 5.86. The van der Waals surface area contributed by atoms with Crippen molar-refractivity contribution in [2.45, 2.75) is 52.4 Å². The van der Waals surface area contributed by atoms with Crippen molar-refractivity contribution in [3.63, 3.8) is 0 Å². The molecule has 3 rings (SSSR count). The molecule has 0 aliphatic heterocycles. The summed E-state index contributed by atoms with van der Waals surface area (Å²) in [5.41, 5.74) is 0.642. The van der Waals surface area contributed by atoms with Crippen LogP contribution in [0.25, 0.3) is 0 Å². The van der Waals surface area contributed by atoms with Gasteiger partial charge in [-0.25, -0.2) is 4.79 Å². The van der Waals surface area contributed by atoms with Gasteiger partial charge in [0.15, 0.2) is 11.5 Å². The number of benzene rings is 1. The largest absolute Gasteiger partial charge is 0.504 e. The van der Waals surface area contributed by atoms with E-state index in [0.717, 1.165) is 38.4 Å². The molecule has 2 saturated carbocycles. The minimum Gasteiger partial charge on any atom is -0.504 e. The van der Waals surface area contributed by atoms with Crippen LogP contribution in [0.3, 0.4) is 0 Å². The van der Waals surface area contributed by atoms with Crippen LogP contribution in [0.1, 0.15) is 61.9 Å². The van der Waals surface area contributed by atoms with Crippen LogP contribution in [0.2, 0.25) is 0 Å². The Bertz CT molecular complexity index is 875. The van der Waals surface area contributed by atoms with Crippen molar-refractivity contribution in [2.75, 3.05) is 14.2 Å². The third kappa shape index (κ3) is 3.17. The summed E-state index contributed by atoms with van der Waals surface area (Å²) in [5.74, 6) is -1.46. The number of esters is 1. The maximum atomic E-state index is 12.7. The zero-order chi connectivity index (χ0) is 22.3. The Morgan fingerprint density at radius 2 is 2.00 bits per heavy atom. The van der Waals surface area contributed by atoms with E-state index in [1.54, 1.807) is 0 Å². The Morgan fingerprint density at radius 3 is 2.60 bits per heavy atom. The third-order valence-electron chi connectivity index (χ3n) is 7.84. The van der Waals surface area contributed by atoms with Crippen LogP contribution in [0.15, 0.2) is 18.2 Å². The van der Waals surface area contributed by atoms with Crippen LogP contribution < -0.4 is 4.74 Å². The lowest BCUT2D eigenvalue weighted by Crippen LogP contribution is -2.53. The van der Waals surface area contributed by atoms with Crippen molar-refractivity contribution in [1.29, 1.82) is 0 Å². The SMILES string of the molecule is C=C1CCC[C@@H]2[C@@](C=O)(Cc3cc(C(=O)OC)c(O)c(OC)c3O)[C@H](C)CC[C@@]12C. The number of fused-ring (bicyclic) bond motifs is 1. The smallest absolute Gasteiger partial charge is 0.341 e. The monoisotopic (exact) mass is 416 g/mol. The average molecular weight is 417 g/mol. The van der Waals surface area contributed by atoms with Gasteiger partial charge in [0.2, 0.25) is 5.75 Å². The molecule has 2 N–H and O–H groups in total. The van der Waals surface area contributed by atoms with Gasteiger partial charge in [-0.1, -0.05) is 26.0 Å². The number of carbonyl (C=O) groups excluding carboxylic acids is 2. The summed E-state index contributed by atoms with van der Waals surface area (Å²) in [6.07, 6.45) is 6.04. The molecule has 2 aliphatic rings. The molecule has 2 fully saturated rings. The third-order valence-corrected chi connectivity index (χ3v) is 7.84. The highest BCUT2D eigenvalue weighted by Crippen LogP contribution is 2.62. The molecule has 4 atom stereocenters. The van der Waals surface area contributed by atoms with Gasteiger partial charge in [0.25, 0.3) is 0 Å². The number of aromatic hydroxyl groups is 2. The van der Waals surface area contributed by atoms with E-state index in [-0.39, 0.29) is 40.7 Å². The molecule has 1 aromatic carbocycles. The molecule has 2 aliphatic carbocycles. The van der Waals surface area contributed by atoms with Crippen LogP contribution in [0.4, 0.5) is 0 Å². The average Bonchev–Trinajstić information content (AvgIpc) is 2.73. The summed E-state index contributed by atoms with van der Waals surface area (Å²) >= 11 is 0. The highest BCUT2D eigenvalue weighted by molar-refractivity contribution is 5.94. The maximum absolute atomic E-state index is 12.7. The molecular weight excluding hydrogens is 384 g/mol. The first kappa shape index (κ1) is 22.2. The highest BCUT2D eigenvalue weighted by Gasteiger charge is 2.56. The second-order valence-electron chi connectivity index (χ2n) is 9.12. The zero-order valence-electron chi connectivity index (χ0n) is 18.3. The molecule has 164 valence electrons. The quantitative estimate of drug-likeness (QED) is 0.419. The van der Waals surface area contributed by atoms with Crippen LogP contribution in [-0.4, -0.2) is 36.7 Å². The number of hydrogen-bond acceptors (Lipinski definition) is 6. The minimum atomic E-state index is -0.736. The summed E-state index contributed by atoms with van der Waals surface area (Å²) < 4.78 is 9.94. The first-order valence-electron chi connectivity index (χ1n) is 10.5. The Labute approximate surface area is 177 Å². The molecule has 0 bridgehead atoms. The van der Waals surface area contributed by atoms with Crippen LogP contribution in [0, 0.1) is 22.7 Å². The molecule has 0 saturated heterocycles. The van der Waals surface area contributed by atoms with Gasteiger partial charge < -0.3 is 24.5 Å². The predicted molar refractivity (Wildman–Crippen MR) is 113 cm³/mol. The molecule has 0 spiro atoms. The standard InChI is InChI=1S/C24H32O6/c1-14-7-6-8-18-23(14,3)10-9-15(2)24(18,13-25)12-16-11-17(22(28)30-5)20(27)21(29-4)19(16)26/h11,13,15,18,26-27H,1,6-10,12H2,2-5H3/t15-,18+,23+,24-/m1/s1. The Balaban J connectivity index is 2.15. The van der Waals surface area contributed by atoms with E-state index in [1.165, 1.54) is 25.9 Å². The molecule has 0 heterocycles. The molecule has 0 aromatic heterocycles. The summed E-state index contributed by atoms with van der Waals surface area (Å²) in [5, 5.41) is 21.2. The van der Waals surface area contributed by atoms with Gasteiger partial charge in [-0.05, 0) is 67.4 Å². The van der Waals surface area contributed by atoms with Gasteiger partial charge in [0, 0.05) is 5.41 Å². The van der Waals surface area contributed by atoms with Gasteiger partial charge in [-0.3, -0.25) is 0 Å². The summed E-state index contributed by atoms with van der Waals surface area (Å²) in [6.45, 7) is 8.62. The fraction of sp³-hybridized carbons (Fsp3) is 0.583. The molecule has 6 nitrogen and oxygen atoms in total. The van der Waals surface area contributed by atoms with Gasteiger partial charge >= 0.3 is 5.97 Å². The van der Waals surface area contributed by atoms with Crippen LogP contribution in [0.5, 0.6) is 17.2 Å². The summed E-state index contributed by atoms with van der Waals surface area (Å²) in [6, 6.07) is 1.42. The van der Waals surface area contributed by atoms with Gasteiger partial charge in [0.05, 0.1) is 14.2 Å². The Hall–Kier alpha value is -2.50. The first-order chi connectivity index (χ1) is 14.2. The summed E-state index contributed by atoms with van der Waals surface area (Å²) in [4.78, 5) is 24.9. The normalized spacial score (nSPS) is 31.0. The Morgan fingerprint density at radius 1 is 1.30 bits per heavy atom.